The highest BCUT2D eigenvalue weighted by atomic mass is 35.5. The summed E-state index contributed by atoms with van der Waals surface area (Å²) in [7, 11) is 0. The van der Waals surface area contributed by atoms with Gasteiger partial charge in [0.15, 0.2) is 12.1 Å². The van der Waals surface area contributed by atoms with Crippen molar-refractivity contribution in [3.05, 3.63) is 116 Å². The molecule has 3 aromatic carbocycles. The van der Waals surface area contributed by atoms with Crippen LogP contribution in [0.2, 0.25) is 5.02 Å². The lowest BCUT2D eigenvalue weighted by molar-refractivity contribution is -0.139. The van der Waals surface area contributed by atoms with Crippen molar-refractivity contribution in [1.82, 2.24) is 25.0 Å². The standard InChI is InChI=1S/C45H46ClFN8O7S/c1-24-25(2)63-45-38(24)40(27-10-12-28(46)13-11-27)50-34(41-53-52-26(3)54(41)45)23-37(57)49-32-15-14-29(22-31(32)47)62-21-5-4-19-61-20-7-18-48-33-9-6-8-30-39(33)44(60)55(43(30)59)35-16-17-36(56)51-42(35)58/h6,8-15,22,34-35,43,48,59H,4-5,7,16-21,23H2,1-3H3,(H,49,57)(H,51,56,58)/t34-,35?,43?/m0/s1. The third-order valence-electron chi connectivity index (χ3n) is 11.3. The number of aliphatic imine (C=N–C) groups is 1. The number of unbranched alkanes of at least 4 members (excludes halogenated alkanes) is 1. The molecular formula is C45H46ClFN8O7S. The maximum atomic E-state index is 15.3. The predicted molar refractivity (Wildman–Crippen MR) is 235 cm³/mol. The minimum Gasteiger partial charge on any atom is -0.493 e. The quantitative estimate of drug-likeness (QED) is 0.0599. The van der Waals surface area contributed by atoms with Crippen molar-refractivity contribution in [2.24, 2.45) is 4.99 Å². The third kappa shape index (κ3) is 9.09. The van der Waals surface area contributed by atoms with E-state index in [4.69, 9.17) is 26.1 Å². The van der Waals surface area contributed by atoms with Crippen molar-refractivity contribution in [3.8, 4) is 10.8 Å². The van der Waals surface area contributed by atoms with Crippen molar-refractivity contribution >= 4 is 63.7 Å². The summed E-state index contributed by atoms with van der Waals surface area (Å²) >= 11 is 7.84. The van der Waals surface area contributed by atoms with Crippen molar-refractivity contribution in [2.75, 3.05) is 37.0 Å². The number of aryl methyl sites for hydroxylation is 2. The highest BCUT2D eigenvalue weighted by Crippen LogP contribution is 2.41. The van der Waals surface area contributed by atoms with Crippen LogP contribution in [0.15, 0.2) is 65.7 Å². The summed E-state index contributed by atoms with van der Waals surface area (Å²) in [6, 6.07) is 15.2. The maximum absolute atomic E-state index is 15.3. The number of aromatic nitrogens is 3. The molecule has 63 heavy (non-hydrogen) atoms. The fourth-order valence-corrected chi connectivity index (χ4v) is 9.35. The number of carbonyl (C=O) groups excluding carboxylic acids is 4. The van der Waals surface area contributed by atoms with Gasteiger partial charge in [0.25, 0.3) is 5.91 Å². The first-order chi connectivity index (χ1) is 30.4. The molecule has 1 fully saturated rings. The first-order valence-electron chi connectivity index (χ1n) is 20.8. The van der Waals surface area contributed by atoms with E-state index in [0.29, 0.717) is 84.9 Å². The molecule has 1 saturated heterocycles. The van der Waals surface area contributed by atoms with Gasteiger partial charge >= 0.3 is 0 Å². The summed E-state index contributed by atoms with van der Waals surface area (Å²) < 4.78 is 28.8. The van der Waals surface area contributed by atoms with E-state index < -0.39 is 47.8 Å². The van der Waals surface area contributed by atoms with E-state index >= 15 is 4.39 Å². The number of aliphatic hydroxyl groups is 1. The van der Waals surface area contributed by atoms with Crippen LogP contribution in [0.3, 0.4) is 0 Å². The molecule has 3 aliphatic heterocycles. The van der Waals surface area contributed by atoms with Crippen LogP contribution in [-0.4, -0.2) is 86.5 Å². The molecule has 5 aromatic rings. The second-order valence-corrected chi connectivity index (χ2v) is 17.2. The van der Waals surface area contributed by atoms with Crippen molar-refractivity contribution in [1.29, 1.82) is 0 Å². The number of aliphatic hydroxyl groups excluding tert-OH is 1. The molecule has 2 aromatic heterocycles. The Hall–Kier alpha value is -6.01. The van der Waals surface area contributed by atoms with Gasteiger partial charge in [0.1, 0.15) is 34.5 Å². The van der Waals surface area contributed by atoms with E-state index in [1.807, 2.05) is 23.6 Å². The third-order valence-corrected chi connectivity index (χ3v) is 12.8. The Bertz CT molecular complexity index is 2610. The van der Waals surface area contributed by atoms with Gasteiger partial charge in [0.2, 0.25) is 17.7 Å². The van der Waals surface area contributed by atoms with Crippen LogP contribution in [0.25, 0.3) is 5.00 Å². The number of rotatable bonds is 16. The summed E-state index contributed by atoms with van der Waals surface area (Å²) in [5, 5.41) is 29.4. The summed E-state index contributed by atoms with van der Waals surface area (Å²) in [6.45, 7) is 7.77. The van der Waals surface area contributed by atoms with Crippen LogP contribution < -0.4 is 20.7 Å². The van der Waals surface area contributed by atoms with E-state index in [0.717, 1.165) is 37.2 Å². The number of hydrogen-bond acceptors (Lipinski definition) is 12. The zero-order valence-corrected chi connectivity index (χ0v) is 36.4. The molecule has 328 valence electrons. The number of nitrogens with one attached hydrogen (secondary N) is 3. The number of carbonyl (C=O) groups is 4. The minimum absolute atomic E-state index is 0.0176. The van der Waals surface area contributed by atoms with E-state index in [-0.39, 0.29) is 24.9 Å². The zero-order valence-electron chi connectivity index (χ0n) is 34.9. The van der Waals surface area contributed by atoms with E-state index in [2.05, 4.69) is 40.0 Å². The fourth-order valence-electron chi connectivity index (χ4n) is 8.01. The topological polar surface area (TPSA) is 189 Å². The van der Waals surface area contributed by atoms with E-state index in [1.165, 1.54) is 12.1 Å². The number of ether oxygens (including phenoxy) is 2. The van der Waals surface area contributed by atoms with Crippen molar-refractivity contribution < 1.29 is 38.1 Å². The van der Waals surface area contributed by atoms with E-state index in [9.17, 15) is 24.3 Å². The Kier molecular flexibility index (Phi) is 13.0. The fraction of sp³-hybridized carbons (Fsp3) is 0.356. The lowest BCUT2D eigenvalue weighted by Gasteiger charge is -2.31. The lowest BCUT2D eigenvalue weighted by Crippen LogP contribution is -2.53. The Morgan fingerprint density at radius 2 is 1.76 bits per heavy atom. The van der Waals surface area contributed by atoms with Crippen LogP contribution in [0.5, 0.6) is 5.75 Å². The van der Waals surface area contributed by atoms with Crippen LogP contribution in [0.1, 0.15) is 99.9 Å². The monoisotopic (exact) mass is 896 g/mol. The largest absolute Gasteiger partial charge is 0.493 e. The highest BCUT2D eigenvalue weighted by Gasteiger charge is 2.45. The molecule has 3 aliphatic rings. The molecule has 15 nitrogen and oxygen atoms in total. The van der Waals surface area contributed by atoms with Crippen LogP contribution in [-0.2, 0) is 19.1 Å². The number of hydrogen-bond donors (Lipinski definition) is 4. The molecule has 0 saturated carbocycles. The molecule has 2 unspecified atom stereocenters. The van der Waals surface area contributed by atoms with Gasteiger partial charge in [-0.05, 0) is 82.3 Å². The summed E-state index contributed by atoms with van der Waals surface area (Å²) in [4.78, 5) is 58.3. The van der Waals surface area contributed by atoms with Gasteiger partial charge in [0, 0.05) is 64.5 Å². The molecule has 0 bridgehead atoms. The zero-order chi connectivity index (χ0) is 44.4. The smallest absolute Gasteiger partial charge is 0.259 e. The molecule has 0 spiro atoms. The summed E-state index contributed by atoms with van der Waals surface area (Å²) in [5.74, 6) is -1.01. The molecule has 5 heterocycles. The predicted octanol–water partition coefficient (Wildman–Crippen LogP) is 6.90. The molecule has 4 N–H and O–H groups in total. The minimum atomic E-state index is -1.29. The molecule has 18 heteroatoms. The molecule has 4 amide bonds. The number of piperidine rings is 1. The second-order valence-electron chi connectivity index (χ2n) is 15.6. The van der Waals surface area contributed by atoms with Crippen LogP contribution in [0.4, 0.5) is 15.8 Å². The highest BCUT2D eigenvalue weighted by molar-refractivity contribution is 7.15. The van der Waals surface area contributed by atoms with Gasteiger partial charge in [0.05, 0.1) is 30.0 Å². The lowest BCUT2D eigenvalue weighted by atomic mass is 9.99. The van der Waals surface area contributed by atoms with Gasteiger partial charge in [-0.25, -0.2) is 4.39 Å². The number of nitrogens with zero attached hydrogens (tertiary/aromatic N) is 5. The number of fused-ring (bicyclic) bond motifs is 4. The Morgan fingerprint density at radius 1 is 0.984 bits per heavy atom. The number of imide groups is 1. The number of anilines is 2. The van der Waals surface area contributed by atoms with Crippen molar-refractivity contribution in [2.45, 2.75) is 77.6 Å². The van der Waals surface area contributed by atoms with Crippen LogP contribution in [0, 0.1) is 26.6 Å². The van der Waals surface area contributed by atoms with Gasteiger partial charge in [-0.1, -0.05) is 35.9 Å². The maximum Gasteiger partial charge on any atom is 0.259 e. The van der Waals surface area contributed by atoms with E-state index in [1.54, 1.807) is 47.7 Å². The number of thiophene rings is 1. The molecule has 8 rings (SSSR count). The Morgan fingerprint density at radius 3 is 2.54 bits per heavy atom. The average Bonchev–Trinajstić information content (AvgIpc) is 3.83. The molecular weight excluding hydrogens is 851 g/mol. The molecule has 0 radical (unpaired) electrons. The van der Waals surface area contributed by atoms with Gasteiger partial charge in [-0.15, -0.1) is 21.5 Å². The first-order valence-corrected chi connectivity index (χ1v) is 22.0. The summed E-state index contributed by atoms with van der Waals surface area (Å²) in [5.41, 5.74) is 4.88. The van der Waals surface area contributed by atoms with Gasteiger partial charge in [-0.2, -0.15) is 0 Å². The number of amides is 4. The Balaban J connectivity index is 0.780. The molecule has 0 aliphatic carbocycles. The SMILES string of the molecule is Cc1sc2c(c1C)C(c1ccc(Cl)cc1)=N[C@@H](CC(=O)Nc1ccc(OCCCCOCCCNc3cccc4c3C(=O)N(C3CCC(=O)NC3=O)C4O)cc1F)c1nnc(C)n1-2. The van der Waals surface area contributed by atoms with Gasteiger partial charge < -0.3 is 25.2 Å². The Labute approximate surface area is 371 Å². The first kappa shape index (κ1) is 43.6. The normalized spacial score (nSPS) is 18.0. The number of benzene rings is 3. The summed E-state index contributed by atoms with van der Waals surface area (Å²) in [6.07, 6.45) is 0.872. The van der Waals surface area contributed by atoms with Crippen molar-refractivity contribution in [3.63, 3.8) is 0 Å². The van der Waals surface area contributed by atoms with Crippen LogP contribution >= 0.6 is 22.9 Å². The second kappa shape index (κ2) is 18.8. The molecule has 3 atom stereocenters. The number of halogens is 2. The van der Waals surface area contributed by atoms with Gasteiger partial charge in [-0.3, -0.25) is 39.0 Å². The average molecular weight is 897 g/mol.